The van der Waals surface area contributed by atoms with Crippen LogP contribution in [0, 0.1) is 19.8 Å². The number of para-hydroxylation sites is 1. The first-order valence-corrected chi connectivity index (χ1v) is 12.0. The molecule has 3 amide bonds. The molecule has 1 saturated heterocycles. The lowest BCUT2D eigenvalue weighted by molar-refractivity contribution is -0.122. The Morgan fingerprint density at radius 1 is 1.03 bits per heavy atom. The number of fused-ring (bicyclic) bond motifs is 1. The molecule has 0 aromatic heterocycles. The molecule has 0 atom stereocenters. The van der Waals surface area contributed by atoms with Gasteiger partial charge in [-0.3, -0.25) is 24.2 Å². The van der Waals surface area contributed by atoms with Gasteiger partial charge in [-0.25, -0.2) is 0 Å². The van der Waals surface area contributed by atoms with Crippen molar-refractivity contribution < 1.29 is 14.4 Å². The Kier molecular flexibility index (Phi) is 6.41. The normalized spacial score (nSPS) is 17.9. The third-order valence-corrected chi connectivity index (χ3v) is 7.09. The summed E-state index contributed by atoms with van der Waals surface area (Å²) < 4.78 is 0.451. The highest BCUT2D eigenvalue weighted by Crippen LogP contribution is 2.44. The molecule has 8 heteroatoms. The van der Waals surface area contributed by atoms with E-state index >= 15 is 0 Å². The molecular weight excluding hydrogens is 454 g/mol. The van der Waals surface area contributed by atoms with E-state index in [1.165, 1.54) is 4.90 Å². The summed E-state index contributed by atoms with van der Waals surface area (Å²) >= 11 is 6.58. The van der Waals surface area contributed by atoms with Gasteiger partial charge in [-0.05, 0) is 49.1 Å². The molecular formula is C25H25N3O3S2. The van der Waals surface area contributed by atoms with Gasteiger partial charge in [-0.2, -0.15) is 0 Å². The van der Waals surface area contributed by atoms with Crippen LogP contribution in [0.3, 0.4) is 0 Å². The third-order valence-electron chi connectivity index (χ3n) is 5.64. The van der Waals surface area contributed by atoms with Crippen molar-refractivity contribution in [2.75, 3.05) is 23.3 Å². The highest BCUT2D eigenvalue weighted by atomic mass is 32.2. The van der Waals surface area contributed by atoms with Crippen molar-refractivity contribution in [3.8, 4) is 0 Å². The maximum absolute atomic E-state index is 13.5. The van der Waals surface area contributed by atoms with E-state index < -0.39 is 0 Å². The van der Waals surface area contributed by atoms with E-state index in [0.29, 0.717) is 38.3 Å². The van der Waals surface area contributed by atoms with E-state index in [0.717, 1.165) is 22.9 Å². The molecule has 2 aliphatic heterocycles. The number of aryl methyl sites for hydroxylation is 2. The van der Waals surface area contributed by atoms with E-state index in [2.05, 4.69) is 5.32 Å². The molecule has 2 aromatic carbocycles. The predicted octanol–water partition coefficient (Wildman–Crippen LogP) is 4.52. The van der Waals surface area contributed by atoms with Gasteiger partial charge in [0.1, 0.15) is 10.9 Å². The van der Waals surface area contributed by atoms with E-state index in [9.17, 15) is 14.4 Å². The molecule has 2 aliphatic rings. The van der Waals surface area contributed by atoms with Crippen molar-refractivity contribution in [1.82, 2.24) is 4.90 Å². The summed E-state index contributed by atoms with van der Waals surface area (Å²) in [6.45, 7) is 8.35. The molecule has 170 valence electrons. The number of anilines is 2. The molecule has 0 bridgehead atoms. The molecule has 2 aromatic rings. The number of carbonyl (C=O) groups is 3. The Labute approximate surface area is 203 Å². The zero-order chi connectivity index (χ0) is 23.9. The minimum Gasteiger partial charge on any atom is -0.325 e. The summed E-state index contributed by atoms with van der Waals surface area (Å²) in [5, 5.41) is 2.87. The lowest BCUT2D eigenvalue weighted by Crippen LogP contribution is -2.36. The van der Waals surface area contributed by atoms with E-state index in [1.807, 2.05) is 58.0 Å². The summed E-state index contributed by atoms with van der Waals surface area (Å²) in [4.78, 5) is 42.7. The van der Waals surface area contributed by atoms with Crippen LogP contribution in [0.4, 0.5) is 11.4 Å². The SMILES string of the molecule is Cc1ccc(NC(=O)CN2C(=O)/C(=C3/SC(=S)N(CC(C)C)C3=O)c3ccccc32)cc1C. The molecule has 33 heavy (non-hydrogen) atoms. The van der Waals surface area contributed by atoms with Crippen LogP contribution in [0.25, 0.3) is 5.57 Å². The van der Waals surface area contributed by atoms with Gasteiger partial charge in [0.05, 0.1) is 16.2 Å². The second-order valence-electron chi connectivity index (χ2n) is 8.64. The Bertz CT molecular complexity index is 1220. The second kappa shape index (κ2) is 9.11. The average molecular weight is 480 g/mol. The summed E-state index contributed by atoms with van der Waals surface area (Å²) in [5.74, 6) is -0.682. The van der Waals surface area contributed by atoms with Crippen molar-refractivity contribution in [1.29, 1.82) is 0 Å². The average Bonchev–Trinajstić information content (AvgIpc) is 3.18. The standard InChI is InChI=1S/C25H25N3O3S2/c1-14(2)12-28-24(31)22(33-25(28)32)21-18-7-5-6-8-19(18)27(23(21)30)13-20(29)26-17-10-9-15(3)16(4)11-17/h5-11,14H,12-13H2,1-4H3,(H,26,29)/b22-21+. The molecule has 0 aliphatic carbocycles. The minimum atomic E-state index is -0.364. The van der Waals surface area contributed by atoms with Crippen LogP contribution in [0.1, 0.15) is 30.5 Å². The number of benzene rings is 2. The lowest BCUT2D eigenvalue weighted by Gasteiger charge is -2.17. The number of carbonyl (C=O) groups excluding carboxylic acids is 3. The fourth-order valence-corrected chi connectivity index (χ4v) is 5.24. The molecule has 1 N–H and O–H groups in total. The number of rotatable bonds is 5. The molecule has 0 unspecified atom stereocenters. The first-order chi connectivity index (χ1) is 15.7. The largest absolute Gasteiger partial charge is 0.325 e. The molecule has 0 spiro atoms. The molecule has 4 rings (SSSR count). The molecule has 1 fully saturated rings. The Balaban J connectivity index is 1.63. The Morgan fingerprint density at radius 2 is 1.76 bits per heavy atom. The number of hydrogen-bond donors (Lipinski definition) is 1. The van der Waals surface area contributed by atoms with E-state index in [4.69, 9.17) is 12.2 Å². The summed E-state index contributed by atoms with van der Waals surface area (Å²) in [5.41, 5.74) is 4.46. The van der Waals surface area contributed by atoms with E-state index in [-0.39, 0.29) is 30.2 Å². The maximum Gasteiger partial charge on any atom is 0.267 e. The van der Waals surface area contributed by atoms with E-state index in [1.54, 1.807) is 17.0 Å². The molecule has 6 nitrogen and oxygen atoms in total. The Morgan fingerprint density at radius 3 is 2.45 bits per heavy atom. The van der Waals surface area contributed by atoms with Gasteiger partial charge in [0.25, 0.3) is 11.8 Å². The second-order valence-corrected chi connectivity index (χ2v) is 10.3. The highest BCUT2D eigenvalue weighted by molar-refractivity contribution is 8.26. The van der Waals surface area contributed by atoms with Gasteiger partial charge in [0, 0.05) is 17.8 Å². The summed E-state index contributed by atoms with van der Waals surface area (Å²) in [6.07, 6.45) is 0. The lowest BCUT2D eigenvalue weighted by atomic mass is 10.1. The zero-order valence-corrected chi connectivity index (χ0v) is 20.6. The van der Waals surface area contributed by atoms with Crippen LogP contribution in [-0.4, -0.2) is 40.0 Å². The van der Waals surface area contributed by atoms with Crippen molar-refractivity contribution in [3.05, 3.63) is 64.1 Å². The van der Waals surface area contributed by atoms with Gasteiger partial charge in [0.15, 0.2) is 0 Å². The number of nitrogens with zero attached hydrogens (tertiary/aromatic N) is 2. The van der Waals surface area contributed by atoms with Gasteiger partial charge in [0.2, 0.25) is 5.91 Å². The van der Waals surface area contributed by atoms with Crippen molar-refractivity contribution in [2.45, 2.75) is 27.7 Å². The van der Waals surface area contributed by atoms with Crippen LogP contribution >= 0.6 is 24.0 Å². The molecule has 0 saturated carbocycles. The quantitative estimate of drug-likeness (QED) is 0.505. The smallest absolute Gasteiger partial charge is 0.267 e. The number of hydrogen-bond acceptors (Lipinski definition) is 5. The van der Waals surface area contributed by atoms with Crippen molar-refractivity contribution in [3.63, 3.8) is 0 Å². The van der Waals surface area contributed by atoms with Crippen LogP contribution < -0.4 is 10.2 Å². The summed E-state index contributed by atoms with van der Waals surface area (Å²) in [6, 6.07) is 12.9. The van der Waals surface area contributed by atoms with Crippen LogP contribution in [0.5, 0.6) is 0 Å². The molecule has 2 heterocycles. The topological polar surface area (TPSA) is 69.7 Å². The van der Waals surface area contributed by atoms with Crippen LogP contribution in [-0.2, 0) is 14.4 Å². The third kappa shape index (κ3) is 4.45. The minimum absolute atomic E-state index is 0.154. The van der Waals surface area contributed by atoms with Gasteiger partial charge >= 0.3 is 0 Å². The number of amides is 3. The van der Waals surface area contributed by atoms with Gasteiger partial charge in [-0.15, -0.1) is 0 Å². The number of thiocarbonyl (C=S) groups is 1. The first kappa shape index (κ1) is 23.2. The first-order valence-electron chi connectivity index (χ1n) is 10.7. The van der Waals surface area contributed by atoms with Crippen molar-refractivity contribution >= 4 is 63.0 Å². The van der Waals surface area contributed by atoms with Crippen molar-refractivity contribution in [2.24, 2.45) is 5.92 Å². The number of thioether (sulfide) groups is 1. The monoisotopic (exact) mass is 479 g/mol. The van der Waals surface area contributed by atoms with Gasteiger partial charge < -0.3 is 5.32 Å². The fraction of sp³-hybridized carbons (Fsp3) is 0.280. The van der Waals surface area contributed by atoms with Gasteiger partial charge in [-0.1, -0.05) is 62.1 Å². The maximum atomic E-state index is 13.5. The predicted molar refractivity (Wildman–Crippen MR) is 137 cm³/mol. The van der Waals surface area contributed by atoms with Crippen LogP contribution in [0.2, 0.25) is 0 Å². The molecule has 0 radical (unpaired) electrons. The van der Waals surface area contributed by atoms with Crippen LogP contribution in [0.15, 0.2) is 47.4 Å². The highest BCUT2D eigenvalue weighted by Gasteiger charge is 2.42. The summed E-state index contributed by atoms with van der Waals surface area (Å²) in [7, 11) is 0. The fourth-order valence-electron chi connectivity index (χ4n) is 3.89. The Hall–Kier alpha value is -2.97. The zero-order valence-electron chi connectivity index (χ0n) is 19.0. The number of nitrogens with one attached hydrogen (secondary N) is 1.